The molecule has 0 spiro atoms. The Labute approximate surface area is 153 Å². The average molecular weight is 356 g/mol. The van der Waals surface area contributed by atoms with Gasteiger partial charge in [-0.15, -0.1) is 0 Å². The van der Waals surface area contributed by atoms with Crippen LogP contribution in [0, 0.1) is 5.82 Å². The summed E-state index contributed by atoms with van der Waals surface area (Å²) in [6.07, 6.45) is 7.19. The van der Waals surface area contributed by atoms with E-state index >= 15 is 0 Å². The molecule has 0 saturated heterocycles. The molecule has 4 nitrogen and oxygen atoms in total. The van der Waals surface area contributed by atoms with Crippen LogP contribution in [0.1, 0.15) is 51.0 Å². The van der Waals surface area contributed by atoms with Gasteiger partial charge in [-0.3, -0.25) is 4.79 Å². The Balaban J connectivity index is 1.78. The fourth-order valence-electron chi connectivity index (χ4n) is 3.57. The van der Waals surface area contributed by atoms with Gasteiger partial charge in [-0.25, -0.2) is 9.37 Å². The number of carbonyl (C=O) groups is 1. The van der Waals surface area contributed by atoms with E-state index in [1.807, 2.05) is 6.92 Å². The molecule has 1 amide bonds. The van der Waals surface area contributed by atoms with Crippen LogP contribution in [-0.4, -0.2) is 17.5 Å². The summed E-state index contributed by atoms with van der Waals surface area (Å²) in [5, 5.41) is 3.00. The standard InChI is InChI=1S/C21H25FN2O2/c1-2-14-26-19-11-10-18(15-23-19)24-20(25)21(12-4-3-5-13-21)16-6-8-17(22)9-7-16/h6-11,15H,2-5,12-14H2,1H3,(H,24,25). The molecule has 1 N–H and O–H groups in total. The van der Waals surface area contributed by atoms with Crippen LogP contribution in [0.3, 0.4) is 0 Å². The van der Waals surface area contributed by atoms with Crippen LogP contribution >= 0.6 is 0 Å². The normalized spacial score (nSPS) is 16.1. The summed E-state index contributed by atoms with van der Waals surface area (Å²) in [5.41, 5.74) is 0.918. The lowest BCUT2D eigenvalue weighted by molar-refractivity contribution is -0.122. The molecule has 1 aromatic heterocycles. The minimum Gasteiger partial charge on any atom is -0.478 e. The van der Waals surface area contributed by atoms with Crippen molar-refractivity contribution in [1.29, 1.82) is 0 Å². The molecule has 0 radical (unpaired) electrons. The summed E-state index contributed by atoms with van der Waals surface area (Å²) in [4.78, 5) is 17.4. The van der Waals surface area contributed by atoms with E-state index in [0.29, 0.717) is 18.2 Å². The van der Waals surface area contributed by atoms with E-state index in [0.717, 1.165) is 44.1 Å². The van der Waals surface area contributed by atoms with Gasteiger partial charge in [-0.2, -0.15) is 0 Å². The van der Waals surface area contributed by atoms with Crippen molar-refractivity contribution in [2.45, 2.75) is 50.9 Å². The lowest BCUT2D eigenvalue weighted by atomic mass is 9.68. The second-order valence-corrected chi connectivity index (χ2v) is 6.84. The lowest BCUT2D eigenvalue weighted by Crippen LogP contribution is -2.42. The van der Waals surface area contributed by atoms with Crippen molar-refractivity contribution in [2.24, 2.45) is 0 Å². The van der Waals surface area contributed by atoms with Crippen LogP contribution in [-0.2, 0) is 10.2 Å². The third-order valence-corrected chi connectivity index (χ3v) is 4.99. The number of ether oxygens (including phenoxy) is 1. The van der Waals surface area contributed by atoms with E-state index in [9.17, 15) is 9.18 Å². The number of rotatable bonds is 6. The van der Waals surface area contributed by atoms with Crippen molar-refractivity contribution in [1.82, 2.24) is 4.98 Å². The van der Waals surface area contributed by atoms with Crippen LogP contribution in [0.4, 0.5) is 10.1 Å². The minimum absolute atomic E-state index is 0.0483. The highest BCUT2D eigenvalue weighted by Gasteiger charge is 2.41. The summed E-state index contributed by atoms with van der Waals surface area (Å²) in [6.45, 7) is 2.65. The van der Waals surface area contributed by atoms with Crippen LogP contribution in [0.25, 0.3) is 0 Å². The molecule has 1 saturated carbocycles. The third-order valence-electron chi connectivity index (χ3n) is 4.99. The molecule has 1 heterocycles. The van der Waals surface area contributed by atoms with Gasteiger partial charge in [0.1, 0.15) is 5.82 Å². The molecule has 1 aromatic carbocycles. The molecule has 1 aliphatic carbocycles. The van der Waals surface area contributed by atoms with Gasteiger partial charge in [0, 0.05) is 6.07 Å². The number of aromatic nitrogens is 1. The number of pyridine rings is 1. The number of nitrogens with zero attached hydrogens (tertiary/aromatic N) is 1. The fraction of sp³-hybridized carbons (Fsp3) is 0.429. The fourth-order valence-corrected chi connectivity index (χ4v) is 3.57. The van der Waals surface area contributed by atoms with E-state index in [1.165, 1.54) is 12.1 Å². The summed E-state index contributed by atoms with van der Waals surface area (Å²) in [5.74, 6) is 0.218. The maximum atomic E-state index is 13.3. The van der Waals surface area contributed by atoms with Crippen molar-refractivity contribution >= 4 is 11.6 Å². The first-order chi connectivity index (χ1) is 12.6. The van der Waals surface area contributed by atoms with Gasteiger partial charge < -0.3 is 10.1 Å². The second kappa shape index (κ2) is 8.30. The zero-order chi connectivity index (χ0) is 18.4. The predicted octanol–water partition coefficient (Wildman–Crippen LogP) is 4.85. The van der Waals surface area contributed by atoms with Gasteiger partial charge in [-0.05, 0) is 43.0 Å². The first-order valence-corrected chi connectivity index (χ1v) is 9.30. The molecule has 0 bridgehead atoms. The number of hydrogen-bond donors (Lipinski definition) is 1. The smallest absolute Gasteiger partial charge is 0.235 e. The molecule has 0 unspecified atom stereocenters. The van der Waals surface area contributed by atoms with E-state index in [1.54, 1.807) is 30.5 Å². The number of carbonyl (C=O) groups excluding carboxylic acids is 1. The predicted molar refractivity (Wildman–Crippen MR) is 99.8 cm³/mol. The van der Waals surface area contributed by atoms with Crippen molar-refractivity contribution in [3.63, 3.8) is 0 Å². The van der Waals surface area contributed by atoms with Gasteiger partial charge >= 0.3 is 0 Å². The molecule has 1 fully saturated rings. The first kappa shape index (κ1) is 18.4. The Hall–Kier alpha value is -2.43. The number of benzene rings is 1. The molecule has 3 rings (SSSR count). The Bertz CT molecular complexity index is 723. The topological polar surface area (TPSA) is 51.2 Å². The minimum atomic E-state index is -0.608. The molecule has 1 aliphatic rings. The first-order valence-electron chi connectivity index (χ1n) is 9.30. The molecular formula is C21H25FN2O2. The third kappa shape index (κ3) is 4.03. The van der Waals surface area contributed by atoms with Crippen LogP contribution in [0.2, 0.25) is 0 Å². The van der Waals surface area contributed by atoms with Crippen molar-refractivity contribution in [2.75, 3.05) is 11.9 Å². The highest BCUT2D eigenvalue weighted by atomic mass is 19.1. The van der Waals surface area contributed by atoms with E-state index in [2.05, 4.69) is 10.3 Å². The van der Waals surface area contributed by atoms with Gasteiger partial charge in [0.2, 0.25) is 11.8 Å². The highest BCUT2D eigenvalue weighted by molar-refractivity contribution is 5.99. The SMILES string of the molecule is CCCOc1ccc(NC(=O)C2(c3ccc(F)cc3)CCCCC2)cn1. The molecular weight excluding hydrogens is 331 g/mol. The molecule has 0 aliphatic heterocycles. The molecule has 0 atom stereocenters. The van der Waals surface area contributed by atoms with Crippen molar-refractivity contribution in [3.8, 4) is 5.88 Å². The number of nitrogens with one attached hydrogen (secondary N) is 1. The van der Waals surface area contributed by atoms with Crippen LogP contribution in [0.15, 0.2) is 42.6 Å². The lowest BCUT2D eigenvalue weighted by Gasteiger charge is -2.36. The maximum absolute atomic E-state index is 13.3. The maximum Gasteiger partial charge on any atom is 0.235 e. The number of halogens is 1. The zero-order valence-corrected chi connectivity index (χ0v) is 15.1. The largest absolute Gasteiger partial charge is 0.478 e. The summed E-state index contributed by atoms with van der Waals surface area (Å²) in [7, 11) is 0. The number of anilines is 1. The Kier molecular flexibility index (Phi) is 5.86. The van der Waals surface area contributed by atoms with E-state index in [4.69, 9.17) is 4.74 Å². The summed E-state index contributed by atoms with van der Waals surface area (Å²) >= 11 is 0. The Morgan fingerprint density at radius 2 is 1.88 bits per heavy atom. The van der Waals surface area contributed by atoms with E-state index in [-0.39, 0.29) is 11.7 Å². The monoisotopic (exact) mass is 356 g/mol. The molecule has 5 heteroatoms. The summed E-state index contributed by atoms with van der Waals surface area (Å²) in [6, 6.07) is 9.90. The van der Waals surface area contributed by atoms with Crippen LogP contribution in [0.5, 0.6) is 5.88 Å². The Morgan fingerprint density at radius 1 is 1.15 bits per heavy atom. The van der Waals surface area contributed by atoms with Gasteiger partial charge in [-0.1, -0.05) is 38.3 Å². The molecule has 26 heavy (non-hydrogen) atoms. The average Bonchev–Trinajstić information content (AvgIpc) is 2.68. The highest BCUT2D eigenvalue weighted by Crippen LogP contribution is 2.40. The van der Waals surface area contributed by atoms with Gasteiger partial charge in [0.25, 0.3) is 0 Å². The number of hydrogen-bond acceptors (Lipinski definition) is 3. The van der Waals surface area contributed by atoms with E-state index < -0.39 is 5.41 Å². The zero-order valence-electron chi connectivity index (χ0n) is 15.1. The quantitative estimate of drug-likeness (QED) is 0.805. The Morgan fingerprint density at radius 3 is 2.50 bits per heavy atom. The van der Waals surface area contributed by atoms with Crippen molar-refractivity contribution in [3.05, 3.63) is 54.0 Å². The van der Waals surface area contributed by atoms with Gasteiger partial charge in [0.05, 0.1) is 23.9 Å². The molecule has 2 aromatic rings. The summed E-state index contributed by atoms with van der Waals surface area (Å²) < 4.78 is 18.8. The molecule has 138 valence electrons. The van der Waals surface area contributed by atoms with Gasteiger partial charge in [0.15, 0.2) is 0 Å². The second-order valence-electron chi connectivity index (χ2n) is 6.84. The van der Waals surface area contributed by atoms with Crippen molar-refractivity contribution < 1.29 is 13.9 Å². The van der Waals surface area contributed by atoms with Crippen LogP contribution < -0.4 is 10.1 Å². The number of amides is 1.